The number of methoxy groups -OCH3 is 3. The summed E-state index contributed by atoms with van der Waals surface area (Å²) in [7, 11) is 4.68. The zero-order valence-corrected chi connectivity index (χ0v) is 12.7. The smallest absolute Gasteiger partial charge is 0.164 e. The topological polar surface area (TPSA) is 64.4 Å². The zero-order valence-electron chi connectivity index (χ0n) is 12.7. The van der Waals surface area contributed by atoms with Crippen LogP contribution in [0.4, 0.5) is 0 Å². The molecule has 0 atom stereocenters. The van der Waals surface area contributed by atoms with Crippen LogP contribution in [0.25, 0.3) is 11.6 Å². The molecular formula is C17H16N2O3. The summed E-state index contributed by atoms with van der Waals surface area (Å²) in [6.07, 6.45) is 3.36. The van der Waals surface area contributed by atoms with Crippen LogP contribution in [0.1, 0.15) is 11.3 Å². The minimum atomic E-state index is 0.436. The van der Waals surface area contributed by atoms with Crippen molar-refractivity contribution in [1.29, 1.82) is 5.26 Å². The van der Waals surface area contributed by atoms with E-state index < -0.39 is 0 Å². The van der Waals surface area contributed by atoms with Crippen molar-refractivity contribution in [1.82, 2.24) is 4.98 Å². The first-order valence-electron chi connectivity index (χ1n) is 6.56. The molecule has 0 unspecified atom stereocenters. The van der Waals surface area contributed by atoms with Crippen LogP contribution in [0.15, 0.2) is 36.5 Å². The number of ether oxygens (including phenoxy) is 3. The highest BCUT2D eigenvalue weighted by Gasteiger charge is 2.12. The molecule has 0 spiro atoms. The van der Waals surface area contributed by atoms with Crippen LogP contribution in [-0.4, -0.2) is 26.3 Å². The average molecular weight is 296 g/mol. The van der Waals surface area contributed by atoms with Crippen LogP contribution in [0.2, 0.25) is 0 Å². The fourth-order valence-electron chi connectivity index (χ4n) is 2.01. The number of pyridine rings is 1. The molecule has 0 amide bonds. The van der Waals surface area contributed by atoms with Crippen molar-refractivity contribution < 1.29 is 14.2 Å². The second-order valence-corrected chi connectivity index (χ2v) is 4.33. The van der Waals surface area contributed by atoms with E-state index in [1.54, 1.807) is 57.9 Å². The van der Waals surface area contributed by atoms with Crippen molar-refractivity contribution in [3.05, 3.63) is 47.8 Å². The van der Waals surface area contributed by atoms with Crippen molar-refractivity contribution in [3.63, 3.8) is 0 Å². The largest absolute Gasteiger partial charge is 0.496 e. The third kappa shape index (κ3) is 3.18. The zero-order chi connectivity index (χ0) is 15.9. The maximum atomic E-state index is 9.38. The molecule has 0 fully saturated rings. The van der Waals surface area contributed by atoms with Gasteiger partial charge in [0.25, 0.3) is 0 Å². The Labute approximate surface area is 129 Å². The number of aromatic nitrogens is 1. The van der Waals surface area contributed by atoms with E-state index in [0.29, 0.717) is 34.1 Å². The number of allylic oxidation sites excluding steroid dienone is 1. The monoisotopic (exact) mass is 296 g/mol. The van der Waals surface area contributed by atoms with Gasteiger partial charge in [0.1, 0.15) is 11.8 Å². The van der Waals surface area contributed by atoms with E-state index in [9.17, 15) is 5.26 Å². The van der Waals surface area contributed by atoms with E-state index in [-0.39, 0.29) is 0 Å². The Kier molecular flexibility index (Phi) is 4.99. The Balaban J connectivity index is 2.56. The minimum absolute atomic E-state index is 0.436. The molecule has 2 aromatic rings. The van der Waals surface area contributed by atoms with Crippen molar-refractivity contribution in [2.75, 3.05) is 21.3 Å². The Morgan fingerprint density at radius 2 is 1.73 bits per heavy atom. The van der Waals surface area contributed by atoms with Gasteiger partial charge >= 0.3 is 0 Å². The number of nitrogens with zero attached hydrogens (tertiary/aromatic N) is 2. The lowest BCUT2D eigenvalue weighted by Gasteiger charge is -2.12. The van der Waals surface area contributed by atoms with E-state index >= 15 is 0 Å². The highest BCUT2D eigenvalue weighted by atomic mass is 16.5. The van der Waals surface area contributed by atoms with Crippen LogP contribution in [0, 0.1) is 11.3 Å². The van der Waals surface area contributed by atoms with Gasteiger partial charge in [-0.05, 0) is 24.3 Å². The highest BCUT2D eigenvalue weighted by molar-refractivity contribution is 5.89. The Bertz CT molecular complexity index is 719. The van der Waals surface area contributed by atoms with Gasteiger partial charge < -0.3 is 14.2 Å². The Morgan fingerprint density at radius 3 is 2.27 bits per heavy atom. The predicted molar refractivity (Wildman–Crippen MR) is 83.8 cm³/mol. The highest BCUT2D eigenvalue weighted by Crippen LogP contribution is 2.36. The molecule has 2 rings (SSSR count). The quantitative estimate of drug-likeness (QED) is 0.793. The number of nitriles is 1. The molecule has 0 N–H and O–H groups in total. The van der Waals surface area contributed by atoms with Gasteiger partial charge in [-0.25, -0.2) is 0 Å². The predicted octanol–water partition coefficient (Wildman–Crippen LogP) is 3.17. The summed E-state index contributed by atoms with van der Waals surface area (Å²) in [4.78, 5) is 4.19. The summed E-state index contributed by atoms with van der Waals surface area (Å²) in [5.41, 5.74) is 1.75. The molecular weight excluding hydrogens is 280 g/mol. The molecule has 0 saturated heterocycles. The molecule has 0 aliphatic carbocycles. The van der Waals surface area contributed by atoms with Gasteiger partial charge in [0.15, 0.2) is 11.5 Å². The first-order valence-corrected chi connectivity index (χ1v) is 6.56. The van der Waals surface area contributed by atoms with E-state index in [0.717, 1.165) is 0 Å². The third-order valence-corrected chi connectivity index (χ3v) is 3.10. The second-order valence-electron chi connectivity index (χ2n) is 4.33. The molecule has 1 aromatic carbocycles. The summed E-state index contributed by atoms with van der Waals surface area (Å²) in [6.45, 7) is 0. The second kappa shape index (κ2) is 7.14. The van der Waals surface area contributed by atoms with E-state index in [2.05, 4.69) is 11.1 Å². The molecule has 0 bridgehead atoms. The summed E-state index contributed by atoms with van der Waals surface area (Å²) in [6, 6.07) is 11.1. The summed E-state index contributed by atoms with van der Waals surface area (Å²) < 4.78 is 15.9. The van der Waals surface area contributed by atoms with Crippen LogP contribution >= 0.6 is 0 Å². The van der Waals surface area contributed by atoms with E-state index in [1.807, 2.05) is 6.07 Å². The molecule has 0 radical (unpaired) electrons. The van der Waals surface area contributed by atoms with Gasteiger partial charge in [-0.1, -0.05) is 6.07 Å². The molecule has 112 valence electrons. The van der Waals surface area contributed by atoms with Gasteiger partial charge in [-0.15, -0.1) is 0 Å². The molecule has 22 heavy (non-hydrogen) atoms. The maximum Gasteiger partial charge on any atom is 0.164 e. The normalized spacial score (nSPS) is 10.7. The van der Waals surface area contributed by atoms with E-state index in [1.165, 1.54) is 0 Å². The van der Waals surface area contributed by atoms with Gasteiger partial charge in [0.05, 0.1) is 32.6 Å². The summed E-state index contributed by atoms with van der Waals surface area (Å²) in [5.74, 6) is 1.71. The van der Waals surface area contributed by atoms with Crippen LogP contribution in [0.3, 0.4) is 0 Å². The number of hydrogen-bond acceptors (Lipinski definition) is 5. The average Bonchev–Trinajstić information content (AvgIpc) is 2.59. The van der Waals surface area contributed by atoms with Gasteiger partial charge in [0, 0.05) is 17.8 Å². The lowest BCUT2D eigenvalue weighted by atomic mass is 10.1. The van der Waals surface area contributed by atoms with E-state index in [4.69, 9.17) is 14.2 Å². The van der Waals surface area contributed by atoms with Gasteiger partial charge in [-0.3, -0.25) is 4.98 Å². The van der Waals surface area contributed by atoms with Gasteiger partial charge in [0.2, 0.25) is 0 Å². The molecule has 0 aliphatic rings. The van der Waals surface area contributed by atoms with Crippen molar-refractivity contribution in [2.45, 2.75) is 0 Å². The first-order chi connectivity index (χ1) is 10.7. The summed E-state index contributed by atoms with van der Waals surface area (Å²) in [5, 5.41) is 9.38. The molecule has 5 nitrogen and oxygen atoms in total. The number of benzene rings is 1. The molecule has 5 heteroatoms. The number of rotatable bonds is 5. The lowest BCUT2D eigenvalue weighted by molar-refractivity contribution is 0.348. The third-order valence-electron chi connectivity index (χ3n) is 3.10. The minimum Gasteiger partial charge on any atom is -0.496 e. The lowest BCUT2D eigenvalue weighted by Crippen LogP contribution is -1.95. The standard InChI is InChI=1S/C17H16N2O3/c1-20-15-10-17(22-3)16(21-2)9-12(15)8-13(11-18)14-6-4-5-7-19-14/h4-10H,1-3H3. The SMILES string of the molecule is COc1cc(OC)c(OC)cc1C=C(C#N)c1ccccn1. The molecule has 1 heterocycles. The molecule has 0 aliphatic heterocycles. The molecule has 0 saturated carbocycles. The Morgan fingerprint density at radius 1 is 1.05 bits per heavy atom. The molecule has 1 aromatic heterocycles. The van der Waals surface area contributed by atoms with Crippen LogP contribution < -0.4 is 14.2 Å². The summed E-state index contributed by atoms with van der Waals surface area (Å²) >= 11 is 0. The van der Waals surface area contributed by atoms with Crippen molar-refractivity contribution in [3.8, 4) is 23.3 Å². The fourth-order valence-corrected chi connectivity index (χ4v) is 2.01. The van der Waals surface area contributed by atoms with Crippen molar-refractivity contribution >= 4 is 11.6 Å². The fraction of sp³-hybridized carbons (Fsp3) is 0.176. The Hall–Kier alpha value is -3.00. The van der Waals surface area contributed by atoms with Crippen molar-refractivity contribution in [2.24, 2.45) is 0 Å². The van der Waals surface area contributed by atoms with Gasteiger partial charge in [-0.2, -0.15) is 5.26 Å². The van der Waals surface area contributed by atoms with Crippen LogP contribution in [-0.2, 0) is 0 Å². The van der Waals surface area contributed by atoms with Crippen LogP contribution in [0.5, 0.6) is 17.2 Å². The maximum absolute atomic E-state index is 9.38. The first kappa shape index (κ1) is 15.4. The number of hydrogen-bond donors (Lipinski definition) is 0.